The molecule has 0 saturated carbocycles. The summed E-state index contributed by atoms with van der Waals surface area (Å²) in [6.45, 7) is 3.97. The molecule has 1 aromatic rings. The van der Waals surface area contributed by atoms with Gasteiger partial charge in [0.05, 0.1) is 5.54 Å². The maximum atomic E-state index is 12.4. The lowest BCUT2D eigenvalue weighted by Gasteiger charge is -2.31. The molecule has 1 aliphatic rings. The summed E-state index contributed by atoms with van der Waals surface area (Å²) in [5.41, 5.74) is 5.38. The molecule has 5 heteroatoms. The van der Waals surface area contributed by atoms with E-state index >= 15 is 0 Å². The lowest BCUT2D eigenvalue weighted by Crippen LogP contribution is -2.52. The van der Waals surface area contributed by atoms with E-state index in [9.17, 15) is 4.79 Å². The van der Waals surface area contributed by atoms with Crippen LogP contribution in [0, 0.1) is 0 Å². The Balaban J connectivity index is 2.20. The Labute approximate surface area is 101 Å². The highest BCUT2D eigenvalue weighted by Crippen LogP contribution is 2.22. The number of carbonyl (C=O) groups is 1. The average Bonchev–Trinajstić information content (AvgIpc) is 2.78. The van der Waals surface area contributed by atoms with Gasteiger partial charge < -0.3 is 15.0 Å². The fraction of sp³-hybridized carbons (Fsp3) is 0.667. The van der Waals surface area contributed by atoms with E-state index in [-0.39, 0.29) is 5.78 Å². The first-order valence-electron chi connectivity index (χ1n) is 6.10. The molecule has 94 valence electrons. The Bertz CT molecular complexity index is 394. The van der Waals surface area contributed by atoms with Crippen LogP contribution in [0.15, 0.2) is 12.4 Å². The molecule has 5 nitrogen and oxygen atoms in total. The summed E-state index contributed by atoms with van der Waals surface area (Å²) in [5, 5.41) is 0. The van der Waals surface area contributed by atoms with Crippen LogP contribution in [0.5, 0.6) is 0 Å². The van der Waals surface area contributed by atoms with Gasteiger partial charge >= 0.3 is 0 Å². The third kappa shape index (κ3) is 2.40. The number of carbonyl (C=O) groups excluding carboxylic acids is 1. The molecule has 1 saturated heterocycles. The first-order chi connectivity index (χ1) is 8.17. The van der Waals surface area contributed by atoms with Crippen LogP contribution in [0.3, 0.4) is 0 Å². The topological polar surface area (TPSA) is 70.1 Å². The molecule has 0 amide bonds. The lowest BCUT2D eigenvalue weighted by atomic mass is 9.86. The fourth-order valence-corrected chi connectivity index (χ4v) is 2.12. The number of ketones is 1. The zero-order chi connectivity index (χ0) is 12.3. The van der Waals surface area contributed by atoms with Crippen LogP contribution in [-0.4, -0.2) is 34.1 Å². The van der Waals surface area contributed by atoms with E-state index in [2.05, 4.69) is 11.9 Å². The maximum Gasteiger partial charge on any atom is 0.218 e. The van der Waals surface area contributed by atoms with Crippen molar-refractivity contribution in [2.75, 3.05) is 13.2 Å². The van der Waals surface area contributed by atoms with Crippen molar-refractivity contribution in [2.24, 2.45) is 5.73 Å². The van der Waals surface area contributed by atoms with Crippen molar-refractivity contribution in [3.8, 4) is 0 Å². The third-order valence-corrected chi connectivity index (χ3v) is 3.22. The molecule has 0 atom stereocenters. The van der Waals surface area contributed by atoms with E-state index in [4.69, 9.17) is 10.5 Å². The molecule has 0 aliphatic carbocycles. The van der Waals surface area contributed by atoms with E-state index < -0.39 is 5.54 Å². The largest absolute Gasteiger partial charge is 0.381 e. The predicted octanol–water partition coefficient (Wildman–Crippen LogP) is 0.984. The lowest BCUT2D eigenvalue weighted by molar-refractivity contribution is 0.0438. The molecule has 1 fully saturated rings. The second-order valence-electron chi connectivity index (χ2n) is 4.54. The van der Waals surface area contributed by atoms with E-state index in [0.29, 0.717) is 31.9 Å². The van der Waals surface area contributed by atoms with Gasteiger partial charge in [-0.3, -0.25) is 4.79 Å². The number of hydrogen-bond acceptors (Lipinski definition) is 4. The van der Waals surface area contributed by atoms with Gasteiger partial charge in [0.2, 0.25) is 5.78 Å². The number of aromatic nitrogens is 2. The standard InChI is InChI=1S/C12H19N3O2/c1-2-6-15-7-5-14-11(15)10(16)12(13)3-8-17-9-4-12/h5,7H,2-4,6,8-9,13H2,1H3. The summed E-state index contributed by atoms with van der Waals surface area (Å²) in [4.78, 5) is 16.6. The molecule has 0 radical (unpaired) electrons. The molecule has 0 bridgehead atoms. The third-order valence-electron chi connectivity index (χ3n) is 3.22. The van der Waals surface area contributed by atoms with Gasteiger partial charge in [0, 0.05) is 32.2 Å². The number of Topliss-reactive ketones (excluding diaryl/α,β-unsaturated/α-hetero) is 1. The minimum absolute atomic E-state index is 0.0562. The molecule has 17 heavy (non-hydrogen) atoms. The van der Waals surface area contributed by atoms with Crippen LogP contribution >= 0.6 is 0 Å². The quantitative estimate of drug-likeness (QED) is 0.793. The number of imidazole rings is 1. The van der Waals surface area contributed by atoms with Gasteiger partial charge in [-0.2, -0.15) is 0 Å². The Morgan fingerprint density at radius 2 is 2.29 bits per heavy atom. The molecular formula is C12H19N3O2. The zero-order valence-corrected chi connectivity index (χ0v) is 10.2. The molecule has 0 spiro atoms. The Kier molecular flexibility index (Phi) is 3.59. The molecule has 0 aromatic carbocycles. The second kappa shape index (κ2) is 4.98. The van der Waals surface area contributed by atoms with Crippen LogP contribution < -0.4 is 5.73 Å². The first-order valence-corrected chi connectivity index (χ1v) is 6.10. The van der Waals surface area contributed by atoms with Crippen molar-refractivity contribution < 1.29 is 9.53 Å². The predicted molar refractivity (Wildman–Crippen MR) is 63.8 cm³/mol. The maximum absolute atomic E-state index is 12.4. The van der Waals surface area contributed by atoms with E-state index in [1.165, 1.54) is 0 Å². The smallest absolute Gasteiger partial charge is 0.218 e. The first kappa shape index (κ1) is 12.3. The molecule has 1 aliphatic heterocycles. The number of ether oxygens (including phenoxy) is 1. The highest BCUT2D eigenvalue weighted by atomic mass is 16.5. The van der Waals surface area contributed by atoms with Crippen molar-refractivity contribution in [2.45, 2.75) is 38.3 Å². The van der Waals surface area contributed by atoms with E-state index in [0.717, 1.165) is 13.0 Å². The minimum Gasteiger partial charge on any atom is -0.381 e. The second-order valence-corrected chi connectivity index (χ2v) is 4.54. The summed E-state index contributed by atoms with van der Waals surface area (Å²) in [5.74, 6) is 0.426. The van der Waals surface area contributed by atoms with Gasteiger partial charge in [-0.15, -0.1) is 0 Å². The van der Waals surface area contributed by atoms with Gasteiger partial charge in [0.15, 0.2) is 5.82 Å². The van der Waals surface area contributed by atoms with Crippen molar-refractivity contribution in [3.63, 3.8) is 0 Å². The number of nitrogens with zero attached hydrogens (tertiary/aromatic N) is 2. The Morgan fingerprint density at radius 1 is 1.59 bits per heavy atom. The monoisotopic (exact) mass is 237 g/mol. The van der Waals surface area contributed by atoms with Crippen molar-refractivity contribution >= 4 is 5.78 Å². The van der Waals surface area contributed by atoms with E-state index in [1.54, 1.807) is 6.20 Å². The number of hydrogen-bond donors (Lipinski definition) is 1. The number of nitrogens with two attached hydrogens (primary N) is 1. The van der Waals surface area contributed by atoms with Crippen molar-refractivity contribution in [3.05, 3.63) is 18.2 Å². The number of rotatable bonds is 4. The Hall–Kier alpha value is -1.20. The van der Waals surface area contributed by atoms with Gasteiger partial charge in [0.1, 0.15) is 0 Å². The van der Waals surface area contributed by atoms with Gasteiger partial charge in [-0.25, -0.2) is 4.98 Å². The van der Waals surface area contributed by atoms with Crippen LogP contribution in [-0.2, 0) is 11.3 Å². The van der Waals surface area contributed by atoms with Crippen LogP contribution in [0.2, 0.25) is 0 Å². The summed E-state index contributed by atoms with van der Waals surface area (Å²) >= 11 is 0. The molecule has 0 unspecified atom stereocenters. The van der Waals surface area contributed by atoms with Crippen LogP contribution in [0.25, 0.3) is 0 Å². The van der Waals surface area contributed by atoms with Crippen molar-refractivity contribution in [1.29, 1.82) is 0 Å². The fourth-order valence-electron chi connectivity index (χ4n) is 2.12. The average molecular weight is 237 g/mol. The normalized spacial score (nSPS) is 19.2. The summed E-state index contributed by atoms with van der Waals surface area (Å²) in [6, 6.07) is 0. The Morgan fingerprint density at radius 3 is 2.94 bits per heavy atom. The molecular weight excluding hydrogens is 218 g/mol. The van der Waals surface area contributed by atoms with Crippen LogP contribution in [0.1, 0.15) is 36.8 Å². The molecule has 2 rings (SSSR count). The minimum atomic E-state index is -0.797. The zero-order valence-electron chi connectivity index (χ0n) is 10.2. The van der Waals surface area contributed by atoms with Crippen molar-refractivity contribution in [1.82, 2.24) is 9.55 Å². The summed E-state index contributed by atoms with van der Waals surface area (Å²) in [6.07, 6.45) is 5.61. The van der Waals surface area contributed by atoms with Gasteiger partial charge in [-0.1, -0.05) is 6.92 Å². The van der Waals surface area contributed by atoms with Gasteiger partial charge in [0.25, 0.3) is 0 Å². The van der Waals surface area contributed by atoms with E-state index in [1.807, 2.05) is 10.8 Å². The highest BCUT2D eigenvalue weighted by Gasteiger charge is 2.38. The van der Waals surface area contributed by atoms with Crippen LogP contribution in [0.4, 0.5) is 0 Å². The summed E-state index contributed by atoms with van der Waals surface area (Å²) < 4.78 is 7.13. The van der Waals surface area contributed by atoms with Gasteiger partial charge in [-0.05, 0) is 19.3 Å². The molecule has 1 aromatic heterocycles. The number of aryl methyl sites for hydroxylation is 1. The highest BCUT2D eigenvalue weighted by molar-refractivity contribution is 6.00. The summed E-state index contributed by atoms with van der Waals surface area (Å²) in [7, 11) is 0. The SMILES string of the molecule is CCCn1ccnc1C(=O)C1(N)CCOCC1. The molecule has 2 heterocycles. The molecule has 2 N–H and O–H groups in total.